The third kappa shape index (κ3) is 3.28. The molecule has 0 aromatic heterocycles. The van der Waals surface area contributed by atoms with E-state index in [1.807, 2.05) is 0 Å². The molecular weight excluding hydrogens is 204 g/mol. The van der Waals surface area contributed by atoms with E-state index < -0.39 is 23.6 Å². The zero-order valence-corrected chi connectivity index (χ0v) is 7.91. The lowest BCUT2D eigenvalue weighted by Crippen LogP contribution is -2.30. The molecular formula is C10H11F2NO2. The molecule has 0 aliphatic heterocycles. The fraction of sp³-hybridized carbons (Fsp3) is 0.300. The molecule has 0 amide bonds. The number of carbonyl (C=O) groups is 1. The molecule has 0 spiro atoms. The van der Waals surface area contributed by atoms with Crippen LogP contribution in [0.4, 0.5) is 8.78 Å². The first kappa shape index (κ1) is 11.6. The summed E-state index contributed by atoms with van der Waals surface area (Å²) in [6.45, 7) is 0. The smallest absolute Gasteiger partial charge is 0.320 e. The lowest BCUT2D eigenvalue weighted by atomic mass is 10.1. The maximum Gasteiger partial charge on any atom is 0.320 e. The van der Waals surface area contributed by atoms with Gasteiger partial charge in [0.1, 0.15) is 17.7 Å². The second-order valence-corrected chi connectivity index (χ2v) is 3.22. The number of aliphatic carboxylic acids is 1. The van der Waals surface area contributed by atoms with E-state index in [4.69, 9.17) is 10.8 Å². The maximum atomic E-state index is 13.1. The normalized spacial score (nSPS) is 12.5. The van der Waals surface area contributed by atoms with Crippen LogP contribution in [-0.4, -0.2) is 17.1 Å². The highest BCUT2D eigenvalue weighted by Gasteiger charge is 2.12. The molecule has 0 bridgehead atoms. The van der Waals surface area contributed by atoms with Gasteiger partial charge in [0.25, 0.3) is 0 Å². The van der Waals surface area contributed by atoms with Gasteiger partial charge in [0.15, 0.2) is 0 Å². The zero-order chi connectivity index (χ0) is 11.4. The Labute approximate surface area is 85.5 Å². The van der Waals surface area contributed by atoms with Crippen LogP contribution in [0.5, 0.6) is 0 Å². The van der Waals surface area contributed by atoms with E-state index in [1.165, 1.54) is 6.07 Å². The molecule has 15 heavy (non-hydrogen) atoms. The van der Waals surface area contributed by atoms with E-state index in [1.54, 1.807) is 0 Å². The predicted octanol–water partition coefficient (Wildman–Crippen LogP) is 1.31. The zero-order valence-electron chi connectivity index (χ0n) is 7.91. The van der Waals surface area contributed by atoms with Crippen LogP contribution >= 0.6 is 0 Å². The van der Waals surface area contributed by atoms with E-state index in [0.717, 1.165) is 12.1 Å². The van der Waals surface area contributed by atoms with Crippen LogP contribution in [-0.2, 0) is 11.2 Å². The fourth-order valence-electron chi connectivity index (χ4n) is 1.16. The molecule has 1 aromatic carbocycles. The Morgan fingerprint density at radius 2 is 2.13 bits per heavy atom. The minimum absolute atomic E-state index is 0.123. The van der Waals surface area contributed by atoms with E-state index in [2.05, 4.69) is 0 Å². The summed E-state index contributed by atoms with van der Waals surface area (Å²) in [6.07, 6.45) is 0.303. The molecule has 0 radical (unpaired) electrons. The molecule has 1 aromatic rings. The average Bonchev–Trinajstić information content (AvgIpc) is 2.15. The van der Waals surface area contributed by atoms with Crippen molar-refractivity contribution in [3.63, 3.8) is 0 Å². The van der Waals surface area contributed by atoms with Gasteiger partial charge in [-0.3, -0.25) is 4.79 Å². The maximum absolute atomic E-state index is 13.1. The van der Waals surface area contributed by atoms with Gasteiger partial charge < -0.3 is 10.8 Å². The summed E-state index contributed by atoms with van der Waals surface area (Å²) in [5.41, 5.74) is 5.52. The minimum Gasteiger partial charge on any atom is -0.480 e. The number of aryl methyl sites for hydroxylation is 1. The molecule has 0 heterocycles. The summed E-state index contributed by atoms with van der Waals surface area (Å²) in [6, 6.07) is 2.17. The van der Waals surface area contributed by atoms with Crippen LogP contribution in [0.1, 0.15) is 12.0 Å². The van der Waals surface area contributed by atoms with Crippen molar-refractivity contribution in [1.82, 2.24) is 0 Å². The molecule has 5 heteroatoms. The largest absolute Gasteiger partial charge is 0.480 e. The summed E-state index contributed by atoms with van der Waals surface area (Å²) >= 11 is 0. The molecule has 0 aliphatic carbocycles. The van der Waals surface area contributed by atoms with Gasteiger partial charge >= 0.3 is 5.97 Å². The fourth-order valence-corrected chi connectivity index (χ4v) is 1.16. The lowest BCUT2D eigenvalue weighted by Gasteiger charge is -2.06. The predicted molar refractivity (Wildman–Crippen MR) is 50.3 cm³/mol. The number of benzene rings is 1. The number of nitrogens with two attached hydrogens (primary N) is 1. The Bertz CT molecular complexity index is 368. The second-order valence-electron chi connectivity index (χ2n) is 3.22. The molecule has 0 unspecified atom stereocenters. The van der Waals surface area contributed by atoms with Gasteiger partial charge in [-0.2, -0.15) is 0 Å². The third-order valence-electron chi connectivity index (χ3n) is 2.06. The minimum atomic E-state index is -1.13. The van der Waals surface area contributed by atoms with Gasteiger partial charge in [0.05, 0.1) is 0 Å². The van der Waals surface area contributed by atoms with Crippen LogP contribution in [0, 0.1) is 11.6 Å². The number of carboxylic acid groups (broad SMARTS) is 1. The second kappa shape index (κ2) is 4.84. The molecule has 1 rings (SSSR count). The van der Waals surface area contributed by atoms with Crippen LogP contribution in [0.3, 0.4) is 0 Å². The first-order chi connectivity index (χ1) is 7.00. The first-order valence-electron chi connectivity index (χ1n) is 4.43. The van der Waals surface area contributed by atoms with Gasteiger partial charge in [-0.1, -0.05) is 6.07 Å². The molecule has 3 nitrogen and oxygen atoms in total. The van der Waals surface area contributed by atoms with Gasteiger partial charge in [-0.05, 0) is 24.5 Å². The van der Waals surface area contributed by atoms with E-state index in [-0.39, 0.29) is 18.4 Å². The van der Waals surface area contributed by atoms with Gasteiger partial charge in [0.2, 0.25) is 0 Å². The van der Waals surface area contributed by atoms with Crippen LogP contribution in [0.2, 0.25) is 0 Å². The molecule has 0 saturated heterocycles. The summed E-state index contributed by atoms with van der Waals surface area (Å²) < 4.78 is 25.6. The van der Waals surface area contributed by atoms with Gasteiger partial charge in [-0.15, -0.1) is 0 Å². The van der Waals surface area contributed by atoms with Crippen molar-refractivity contribution in [3.05, 3.63) is 35.4 Å². The monoisotopic (exact) mass is 215 g/mol. The summed E-state index contributed by atoms with van der Waals surface area (Å²) in [7, 11) is 0. The molecule has 0 saturated carbocycles. The van der Waals surface area contributed by atoms with Crippen molar-refractivity contribution in [2.45, 2.75) is 18.9 Å². The number of halogens is 2. The van der Waals surface area contributed by atoms with E-state index >= 15 is 0 Å². The molecule has 3 N–H and O–H groups in total. The van der Waals surface area contributed by atoms with Crippen LogP contribution in [0.15, 0.2) is 18.2 Å². The highest BCUT2D eigenvalue weighted by Crippen LogP contribution is 2.12. The SMILES string of the molecule is N[C@H](CCc1ccc(F)cc1F)C(=O)O. The summed E-state index contributed by atoms with van der Waals surface area (Å²) in [4.78, 5) is 10.4. The Hall–Kier alpha value is -1.49. The standard InChI is InChI=1S/C10H11F2NO2/c11-7-3-1-6(8(12)5-7)2-4-9(13)10(14)15/h1,3,5,9H,2,4,13H2,(H,14,15)/t9-/m1/s1. The molecule has 0 fully saturated rings. The van der Waals surface area contributed by atoms with E-state index in [9.17, 15) is 13.6 Å². The third-order valence-corrected chi connectivity index (χ3v) is 2.06. The Morgan fingerprint density at radius 3 is 2.67 bits per heavy atom. The summed E-state index contributed by atoms with van der Waals surface area (Å²) in [5.74, 6) is -2.45. The van der Waals surface area contributed by atoms with Crippen LogP contribution < -0.4 is 5.73 Å². The lowest BCUT2D eigenvalue weighted by molar-refractivity contribution is -0.138. The van der Waals surface area contributed by atoms with Gasteiger partial charge in [0, 0.05) is 6.07 Å². The average molecular weight is 215 g/mol. The van der Waals surface area contributed by atoms with E-state index in [0.29, 0.717) is 0 Å². The van der Waals surface area contributed by atoms with Crippen molar-refractivity contribution in [3.8, 4) is 0 Å². The summed E-state index contributed by atoms with van der Waals surface area (Å²) in [5, 5.41) is 8.49. The molecule has 0 aliphatic rings. The topological polar surface area (TPSA) is 63.3 Å². The first-order valence-corrected chi connectivity index (χ1v) is 4.43. The van der Waals surface area contributed by atoms with Crippen molar-refractivity contribution in [2.24, 2.45) is 5.73 Å². The Morgan fingerprint density at radius 1 is 1.47 bits per heavy atom. The van der Waals surface area contributed by atoms with Crippen molar-refractivity contribution < 1.29 is 18.7 Å². The molecule has 1 atom stereocenters. The highest BCUT2D eigenvalue weighted by atomic mass is 19.1. The van der Waals surface area contributed by atoms with Gasteiger partial charge in [-0.25, -0.2) is 8.78 Å². The van der Waals surface area contributed by atoms with Crippen molar-refractivity contribution >= 4 is 5.97 Å². The quantitative estimate of drug-likeness (QED) is 0.795. The number of hydrogen-bond donors (Lipinski definition) is 2. The number of carboxylic acids is 1. The Balaban J connectivity index is 2.62. The van der Waals surface area contributed by atoms with Crippen LogP contribution in [0.25, 0.3) is 0 Å². The number of rotatable bonds is 4. The Kier molecular flexibility index (Phi) is 3.74. The number of hydrogen-bond acceptors (Lipinski definition) is 2. The highest BCUT2D eigenvalue weighted by molar-refractivity contribution is 5.73. The molecule has 82 valence electrons. The van der Waals surface area contributed by atoms with Crippen molar-refractivity contribution in [1.29, 1.82) is 0 Å². The van der Waals surface area contributed by atoms with Crippen molar-refractivity contribution in [2.75, 3.05) is 0 Å².